The Morgan fingerprint density at radius 3 is 2.33 bits per heavy atom. The average Bonchev–Trinajstić information content (AvgIpc) is 2.22. The largest absolute Gasteiger partial charge is 0.423 e. The molecule has 0 fully saturated rings. The van der Waals surface area contributed by atoms with E-state index in [1.165, 1.54) is 32.1 Å². The smallest absolute Gasteiger partial charge is 0.146 e. The van der Waals surface area contributed by atoms with Crippen LogP contribution in [0.3, 0.4) is 0 Å². The van der Waals surface area contributed by atoms with Gasteiger partial charge in [-0.15, -0.1) is 0 Å². The van der Waals surface area contributed by atoms with Crippen molar-refractivity contribution in [2.45, 2.75) is 71.3 Å². The van der Waals surface area contributed by atoms with Gasteiger partial charge in [0.1, 0.15) is 10.5 Å². The second-order valence-electron chi connectivity index (χ2n) is 4.82. The molecule has 0 aromatic heterocycles. The zero-order valence-electron chi connectivity index (χ0n) is 11.0. The first-order valence-corrected chi connectivity index (χ1v) is 7.14. The van der Waals surface area contributed by atoms with Crippen LogP contribution in [0.15, 0.2) is 12.2 Å². The van der Waals surface area contributed by atoms with Crippen LogP contribution in [0, 0.1) is 0 Å². The van der Waals surface area contributed by atoms with E-state index in [0.717, 1.165) is 23.3 Å². The van der Waals surface area contributed by atoms with Crippen LogP contribution in [0.1, 0.15) is 65.7 Å². The number of hydrogen-bond donors (Lipinski definition) is 0. The van der Waals surface area contributed by atoms with Crippen molar-refractivity contribution in [1.29, 1.82) is 0 Å². The molecule has 0 aromatic carbocycles. The summed E-state index contributed by atoms with van der Waals surface area (Å²) in [5.41, 5.74) is 0.0960. The Kier molecular flexibility index (Phi) is 9.11. The Morgan fingerprint density at radius 1 is 1.07 bits per heavy atom. The molecule has 0 saturated heterocycles. The maximum atomic E-state index is 5.50. The quantitative estimate of drug-likeness (QED) is 0.334. The average molecular weight is 228 g/mol. The van der Waals surface area contributed by atoms with Crippen LogP contribution < -0.4 is 0 Å². The van der Waals surface area contributed by atoms with Crippen molar-refractivity contribution < 1.29 is 4.43 Å². The summed E-state index contributed by atoms with van der Waals surface area (Å²) in [5.74, 6) is 0. The van der Waals surface area contributed by atoms with Gasteiger partial charge in [0.2, 0.25) is 0 Å². The Morgan fingerprint density at radius 2 is 1.73 bits per heavy atom. The molecule has 2 heteroatoms. The molecule has 0 saturated carbocycles. The third-order valence-corrected chi connectivity index (χ3v) is 3.96. The summed E-state index contributed by atoms with van der Waals surface area (Å²) in [7, 11) is 0.844. The maximum Gasteiger partial charge on any atom is 0.146 e. The van der Waals surface area contributed by atoms with Gasteiger partial charge in [-0.1, -0.05) is 38.3 Å². The van der Waals surface area contributed by atoms with E-state index in [2.05, 4.69) is 32.9 Å². The lowest BCUT2D eigenvalue weighted by molar-refractivity contribution is 0.114. The predicted octanol–water partition coefficient (Wildman–Crippen LogP) is 3.37. The number of unbranched alkanes of at least 4 members (excludes halogenated alkanes) is 4. The van der Waals surface area contributed by atoms with E-state index in [0.29, 0.717) is 0 Å². The van der Waals surface area contributed by atoms with Crippen molar-refractivity contribution >= 4 is 10.5 Å². The first-order valence-electron chi connectivity index (χ1n) is 6.32. The fourth-order valence-corrected chi connectivity index (χ4v) is 1.66. The second kappa shape index (κ2) is 9.17. The van der Waals surface area contributed by atoms with Crippen molar-refractivity contribution in [3.8, 4) is 0 Å². The summed E-state index contributed by atoms with van der Waals surface area (Å²) < 4.78 is 5.50. The molecule has 0 N–H and O–H groups in total. The number of rotatable bonds is 9. The predicted molar refractivity (Wildman–Crippen MR) is 72.2 cm³/mol. The first-order chi connectivity index (χ1) is 7.12. The van der Waals surface area contributed by atoms with Gasteiger partial charge in [-0.05, 0) is 39.5 Å². The maximum absolute atomic E-state index is 5.50. The fraction of sp³-hybridized carbons (Fsp3) is 0.846. The van der Waals surface area contributed by atoms with E-state index < -0.39 is 0 Å². The Bertz CT molecular complexity index is 164. The highest BCUT2D eigenvalue weighted by Gasteiger charge is 2.13. The van der Waals surface area contributed by atoms with Gasteiger partial charge in [-0.2, -0.15) is 0 Å². The highest BCUT2D eigenvalue weighted by atomic mass is 28.2. The molecule has 0 unspecified atom stereocenters. The molecule has 0 aliphatic rings. The van der Waals surface area contributed by atoms with E-state index in [1.807, 2.05) is 0 Å². The molecule has 15 heavy (non-hydrogen) atoms. The van der Waals surface area contributed by atoms with Gasteiger partial charge >= 0.3 is 0 Å². The van der Waals surface area contributed by atoms with E-state index >= 15 is 0 Å². The summed E-state index contributed by atoms with van der Waals surface area (Å²) in [5, 5.41) is 0. The van der Waals surface area contributed by atoms with Crippen LogP contribution in [-0.2, 0) is 4.43 Å². The van der Waals surface area contributed by atoms with E-state index in [-0.39, 0.29) is 5.60 Å². The molecule has 90 valence electrons. The van der Waals surface area contributed by atoms with Crippen molar-refractivity contribution in [3.05, 3.63) is 12.2 Å². The zero-order chi connectivity index (χ0) is 11.6. The molecule has 0 aliphatic carbocycles. The molecule has 0 radical (unpaired) electrons. The van der Waals surface area contributed by atoms with Crippen LogP contribution in [0.5, 0.6) is 0 Å². The third kappa shape index (κ3) is 10.2. The van der Waals surface area contributed by atoms with Crippen molar-refractivity contribution in [1.82, 2.24) is 0 Å². The van der Waals surface area contributed by atoms with Crippen LogP contribution in [0.4, 0.5) is 0 Å². The van der Waals surface area contributed by atoms with Gasteiger partial charge < -0.3 is 4.43 Å². The number of hydrogen-bond acceptors (Lipinski definition) is 1. The van der Waals surface area contributed by atoms with Crippen LogP contribution in [0.25, 0.3) is 0 Å². The van der Waals surface area contributed by atoms with Crippen molar-refractivity contribution in [3.63, 3.8) is 0 Å². The van der Waals surface area contributed by atoms with Gasteiger partial charge in [-0.3, -0.25) is 0 Å². The van der Waals surface area contributed by atoms with Gasteiger partial charge in [0.15, 0.2) is 0 Å². The molecular weight excluding hydrogens is 200 g/mol. The van der Waals surface area contributed by atoms with Gasteiger partial charge in [0, 0.05) is 5.60 Å². The molecule has 0 aromatic rings. The SMILES string of the molecule is CCCCCCC=CCCC(C)(C)O[SiH3]. The molecule has 0 bridgehead atoms. The Labute approximate surface area is 98.8 Å². The summed E-state index contributed by atoms with van der Waals surface area (Å²) in [6.07, 6.45) is 13.6. The lowest BCUT2D eigenvalue weighted by Crippen LogP contribution is -2.22. The lowest BCUT2D eigenvalue weighted by atomic mass is 10.0. The molecule has 0 atom stereocenters. The molecule has 0 amide bonds. The lowest BCUT2D eigenvalue weighted by Gasteiger charge is -2.22. The summed E-state index contributed by atoms with van der Waals surface area (Å²) >= 11 is 0. The highest BCUT2D eigenvalue weighted by molar-refractivity contribution is 5.98. The minimum atomic E-state index is 0.0960. The fourth-order valence-electron chi connectivity index (χ4n) is 1.46. The highest BCUT2D eigenvalue weighted by Crippen LogP contribution is 2.15. The molecular formula is C13H28OSi. The zero-order valence-corrected chi connectivity index (χ0v) is 13.0. The Balaban J connectivity index is 3.31. The molecule has 1 nitrogen and oxygen atoms in total. The van der Waals surface area contributed by atoms with Crippen molar-refractivity contribution in [2.24, 2.45) is 0 Å². The Hall–Kier alpha value is -0.0831. The molecule has 0 rings (SSSR count). The van der Waals surface area contributed by atoms with Crippen molar-refractivity contribution in [2.75, 3.05) is 0 Å². The second-order valence-corrected chi connectivity index (χ2v) is 5.23. The molecule has 0 heterocycles. The summed E-state index contributed by atoms with van der Waals surface area (Å²) in [6, 6.07) is 0. The van der Waals surface area contributed by atoms with Crippen LogP contribution >= 0.6 is 0 Å². The minimum absolute atomic E-state index is 0.0960. The van der Waals surface area contributed by atoms with Gasteiger partial charge in [0.05, 0.1) is 0 Å². The molecule has 0 spiro atoms. The monoisotopic (exact) mass is 228 g/mol. The van der Waals surface area contributed by atoms with E-state index in [4.69, 9.17) is 4.43 Å². The summed E-state index contributed by atoms with van der Waals surface area (Å²) in [6.45, 7) is 6.61. The van der Waals surface area contributed by atoms with E-state index in [9.17, 15) is 0 Å². The normalized spacial score (nSPS) is 12.7. The van der Waals surface area contributed by atoms with Crippen LogP contribution in [0.2, 0.25) is 0 Å². The minimum Gasteiger partial charge on any atom is -0.423 e. The third-order valence-electron chi connectivity index (χ3n) is 2.86. The van der Waals surface area contributed by atoms with Crippen LogP contribution in [-0.4, -0.2) is 16.1 Å². The summed E-state index contributed by atoms with van der Waals surface area (Å²) in [4.78, 5) is 0. The van der Waals surface area contributed by atoms with Gasteiger partial charge in [-0.25, -0.2) is 0 Å². The molecule has 0 aliphatic heterocycles. The topological polar surface area (TPSA) is 9.23 Å². The van der Waals surface area contributed by atoms with Gasteiger partial charge in [0.25, 0.3) is 0 Å². The first kappa shape index (κ1) is 14.9. The number of allylic oxidation sites excluding steroid dienone is 2. The standard InChI is InChI=1S/C13H28OSi/c1-4-5-6-7-8-9-10-11-12-13(2,3)14-15/h9-10H,4-8,11-12H2,1-3,15H3. The van der Waals surface area contributed by atoms with E-state index in [1.54, 1.807) is 0 Å².